The summed E-state index contributed by atoms with van der Waals surface area (Å²) < 4.78 is 5.98. The number of carbonyl (C=O) groups excluding carboxylic acids is 1. The van der Waals surface area contributed by atoms with Gasteiger partial charge in [-0.05, 0) is 68.5 Å². The summed E-state index contributed by atoms with van der Waals surface area (Å²) in [4.78, 5) is 17.3. The largest absolute Gasteiger partial charge is 0.493 e. The fourth-order valence-electron chi connectivity index (χ4n) is 4.50. The Morgan fingerprint density at radius 2 is 1.76 bits per heavy atom. The number of hydrogen-bond donors (Lipinski definition) is 0. The van der Waals surface area contributed by atoms with Crippen molar-refractivity contribution in [3.05, 3.63) is 65.7 Å². The second-order valence-electron chi connectivity index (χ2n) is 8.42. The summed E-state index contributed by atoms with van der Waals surface area (Å²) in [7, 11) is 0. The number of benzene rings is 2. The predicted octanol–water partition coefficient (Wildman–Crippen LogP) is 4.60. The molecule has 2 aliphatic heterocycles. The summed E-state index contributed by atoms with van der Waals surface area (Å²) in [6.45, 7) is 5.65. The van der Waals surface area contributed by atoms with Crippen LogP contribution in [-0.4, -0.2) is 48.5 Å². The Morgan fingerprint density at radius 3 is 2.59 bits per heavy atom. The molecule has 0 aliphatic carbocycles. The van der Waals surface area contributed by atoms with E-state index in [0.717, 1.165) is 63.5 Å². The number of likely N-dealkylation sites (tertiary alicyclic amines) is 2. The van der Waals surface area contributed by atoms with E-state index in [1.807, 2.05) is 47.4 Å². The lowest BCUT2D eigenvalue weighted by atomic mass is 9.98. The second-order valence-corrected chi connectivity index (χ2v) is 8.42. The van der Waals surface area contributed by atoms with E-state index >= 15 is 0 Å². The summed E-state index contributed by atoms with van der Waals surface area (Å²) in [6, 6.07) is 18.3. The van der Waals surface area contributed by atoms with E-state index in [0.29, 0.717) is 5.92 Å². The summed E-state index contributed by atoms with van der Waals surface area (Å²) in [5, 5.41) is 0. The van der Waals surface area contributed by atoms with E-state index in [1.165, 1.54) is 24.8 Å². The first-order chi connectivity index (χ1) is 14.3. The van der Waals surface area contributed by atoms with E-state index in [2.05, 4.69) is 17.0 Å². The van der Waals surface area contributed by atoms with Gasteiger partial charge in [-0.25, -0.2) is 0 Å². The van der Waals surface area contributed by atoms with E-state index in [-0.39, 0.29) is 5.91 Å². The number of piperidine rings is 2. The van der Waals surface area contributed by atoms with Crippen molar-refractivity contribution in [1.82, 2.24) is 9.80 Å². The Hall–Kier alpha value is -2.33. The normalized spacial score (nSPS) is 20.4. The number of ether oxygens (including phenoxy) is 1. The van der Waals surface area contributed by atoms with Crippen molar-refractivity contribution < 1.29 is 9.53 Å². The third kappa shape index (κ3) is 5.60. The van der Waals surface area contributed by atoms with Gasteiger partial charge in [0, 0.05) is 37.7 Å². The number of amides is 1. The zero-order valence-corrected chi connectivity index (χ0v) is 17.3. The van der Waals surface area contributed by atoms with Crippen molar-refractivity contribution >= 4 is 5.91 Å². The molecule has 2 aliphatic rings. The first-order valence-corrected chi connectivity index (χ1v) is 11.1. The average molecular weight is 393 g/mol. The Kier molecular flexibility index (Phi) is 6.83. The molecule has 0 spiro atoms. The topological polar surface area (TPSA) is 32.8 Å². The minimum absolute atomic E-state index is 0.194. The summed E-state index contributed by atoms with van der Waals surface area (Å²) in [6.07, 6.45) is 5.93. The molecule has 4 heteroatoms. The molecule has 0 saturated carbocycles. The first kappa shape index (κ1) is 20.0. The highest BCUT2D eigenvalue weighted by atomic mass is 16.5. The molecule has 0 bridgehead atoms. The van der Waals surface area contributed by atoms with Crippen LogP contribution in [0.15, 0.2) is 54.6 Å². The molecule has 2 aromatic carbocycles. The van der Waals surface area contributed by atoms with Crippen molar-refractivity contribution in [2.24, 2.45) is 5.92 Å². The van der Waals surface area contributed by atoms with Gasteiger partial charge >= 0.3 is 0 Å². The monoisotopic (exact) mass is 392 g/mol. The smallest absolute Gasteiger partial charge is 0.253 e. The van der Waals surface area contributed by atoms with Gasteiger partial charge in [-0.3, -0.25) is 9.69 Å². The van der Waals surface area contributed by atoms with Crippen LogP contribution in [0.5, 0.6) is 5.75 Å². The van der Waals surface area contributed by atoms with E-state index in [9.17, 15) is 4.79 Å². The van der Waals surface area contributed by atoms with Gasteiger partial charge in [0.25, 0.3) is 5.91 Å². The molecule has 29 heavy (non-hydrogen) atoms. The van der Waals surface area contributed by atoms with Crippen molar-refractivity contribution in [2.75, 3.05) is 32.8 Å². The molecule has 4 nitrogen and oxygen atoms in total. The molecular formula is C25H32N2O2. The zero-order valence-electron chi connectivity index (χ0n) is 17.3. The third-order valence-electron chi connectivity index (χ3n) is 6.06. The highest BCUT2D eigenvalue weighted by Gasteiger charge is 2.22. The van der Waals surface area contributed by atoms with Gasteiger partial charge in [-0.15, -0.1) is 0 Å². The molecule has 2 fully saturated rings. The van der Waals surface area contributed by atoms with Crippen LogP contribution in [0.3, 0.4) is 0 Å². The van der Waals surface area contributed by atoms with E-state index in [4.69, 9.17) is 4.74 Å². The van der Waals surface area contributed by atoms with Gasteiger partial charge in [0.2, 0.25) is 0 Å². The van der Waals surface area contributed by atoms with Crippen LogP contribution >= 0.6 is 0 Å². The van der Waals surface area contributed by atoms with Gasteiger partial charge in [-0.2, -0.15) is 0 Å². The third-order valence-corrected chi connectivity index (χ3v) is 6.06. The SMILES string of the molecule is O=C(c1cccc(CN2CCCC(COc3ccccc3)C2)c1)N1CCCCC1. The second kappa shape index (κ2) is 9.93. The highest BCUT2D eigenvalue weighted by molar-refractivity contribution is 5.94. The Bertz CT molecular complexity index is 786. The number of hydrogen-bond acceptors (Lipinski definition) is 3. The minimum atomic E-state index is 0.194. The average Bonchev–Trinajstić information content (AvgIpc) is 2.79. The van der Waals surface area contributed by atoms with Crippen molar-refractivity contribution in [1.29, 1.82) is 0 Å². The van der Waals surface area contributed by atoms with Gasteiger partial charge < -0.3 is 9.64 Å². The predicted molar refractivity (Wildman–Crippen MR) is 116 cm³/mol. The van der Waals surface area contributed by atoms with Crippen LogP contribution < -0.4 is 4.74 Å². The zero-order chi connectivity index (χ0) is 19.9. The molecule has 0 N–H and O–H groups in total. The molecular weight excluding hydrogens is 360 g/mol. The molecule has 2 heterocycles. The van der Waals surface area contributed by atoms with Crippen LogP contribution in [0.1, 0.15) is 48.0 Å². The number of para-hydroxylation sites is 1. The molecule has 2 saturated heterocycles. The minimum Gasteiger partial charge on any atom is -0.493 e. The summed E-state index contributed by atoms with van der Waals surface area (Å²) in [5.41, 5.74) is 2.07. The lowest BCUT2D eigenvalue weighted by Crippen LogP contribution is -2.37. The number of rotatable bonds is 6. The maximum absolute atomic E-state index is 12.8. The lowest BCUT2D eigenvalue weighted by molar-refractivity contribution is 0.0724. The molecule has 2 aromatic rings. The van der Waals surface area contributed by atoms with Gasteiger partial charge in [0.15, 0.2) is 0 Å². The molecule has 1 atom stereocenters. The Labute approximate surface area is 174 Å². The van der Waals surface area contributed by atoms with E-state index in [1.54, 1.807) is 0 Å². The maximum atomic E-state index is 12.8. The highest BCUT2D eigenvalue weighted by Crippen LogP contribution is 2.21. The number of nitrogens with zero attached hydrogens (tertiary/aromatic N) is 2. The van der Waals surface area contributed by atoms with Gasteiger partial charge in [0.05, 0.1) is 6.61 Å². The standard InChI is InChI=1S/C25H32N2O2/c28-25(27-15-5-2-6-16-27)23-11-7-9-21(17-23)18-26-14-8-10-22(19-26)20-29-24-12-3-1-4-13-24/h1,3-4,7,9,11-13,17,22H,2,5-6,8,10,14-16,18-20H2. The molecule has 4 rings (SSSR count). The first-order valence-electron chi connectivity index (χ1n) is 11.1. The fourth-order valence-corrected chi connectivity index (χ4v) is 4.50. The molecule has 1 amide bonds. The van der Waals surface area contributed by atoms with Crippen molar-refractivity contribution in [3.8, 4) is 5.75 Å². The van der Waals surface area contributed by atoms with Crippen LogP contribution in [-0.2, 0) is 6.54 Å². The Morgan fingerprint density at radius 1 is 0.931 bits per heavy atom. The summed E-state index contributed by atoms with van der Waals surface area (Å²) >= 11 is 0. The molecule has 154 valence electrons. The van der Waals surface area contributed by atoms with Crippen molar-refractivity contribution in [2.45, 2.75) is 38.6 Å². The molecule has 1 unspecified atom stereocenters. The molecule has 0 aromatic heterocycles. The Balaban J connectivity index is 1.32. The fraction of sp³-hybridized carbons (Fsp3) is 0.480. The van der Waals surface area contributed by atoms with Crippen molar-refractivity contribution in [3.63, 3.8) is 0 Å². The van der Waals surface area contributed by atoms with Crippen LogP contribution in [0, 0.1) is 5.92 Å². The quantitative estimate of drug-likeness (QED) is 0.720. The van der Waals surface area contributed by atoms with E-state index < -0.39 is 0 Å². The number of carbonyl (C=O) groups is 1. The summed E-state index contributed by atoms with van der Waals surface area (Å²) in [5.74, 6) is 1.70. The van der Waals surface area contributed by atoms with Crippen LogP contribution in [0.25, 0.3) is 0 Å². The molecule has 0 radical (unpaired) electrons. The lowest BCUT2D eigenvalue weighted by Gasteiger charge is -2.32. The van der Waals surface area contributed by atoms with Crippen LogP contribution in [0.2, 0.25) is 0 Å². The van der Waals surface area contributed by atoms with Crippen LogP contribution in [0.4, 0.5) is 0 Å². The van der Waals surface area contributed by atoms with Gasteiger partial charge in [-0.1, -0.05) is 30.3 Å². The van der Waals surface area contributed by atoms with Gasteiger partial charge in [0.1, 0.15) is 5.75 Å². The maximum Gasteiger partial charge on any atom is 0.253 e.